The zero-order valence-electron chi connectivity index (χ0n) is 13.1. The molecule has 2 N–H and O–H groups in total. The largest absolute Gasteiger partial charge is 0.391 e. The van der Waals surface area contributed by atoms with Crippen LogP contribution >= 0.6 is 27.7 Å². The van der Waals surface area contributed by atoms with E-state index in [0.29, 0.717) is 11.8 Å². The van der Waals surface area contributed by atoms with Crippen LogP contribution in [0.15, 0.2) is 38.6 Å². The molecule has 122 valence electrons. The van der Waals surface area contributed by atoms with Crippen LogP contribution in [0.4, 0.5) is 0 Å². The van der Waals surface area contributed by atoms with Crippen LogP contribution in [-0.4, -0.2) is 53.5 Å². The first-order chi connectivity index (χ1) is 10.6. The Hall–Kier alpha value is -0.720. The monoisotopic (exact) mass is 385 g/mol. The van der Waals surface area contributed by atoms with Crippen molar-refractivity contribution in [2.75, 3.05) is 26.2 Å². The Balaban J connectivity index is 1.90. The van der Waals surface area contributed by atoms with Gasteiger partial charge in [-0.15, -0.1) is 11.8 Å². The molecule has 0 amide bonds. The Bertz CT molecular complexity index is 495. The molecule has 0 radical (unpaired) electrons. The Morgan fingerprint density at radius 1 is 1.50 bits per heavy atom. The lowest BCUT2D eigenvalue weighted by Gasteiger charge is -2.21. The Morgan fingerprint density at radius 2 is 2.23 bits per heavy atom. The van der Waals surface area contributed by atoms with E-state index in [1.54, 1.807) is 0 Å². The van der Waals surface area contributed by atoms with Crippen LogP contribution in [0.1, 0.15) is 20.3 Å². The number of aliphatic hydroxyl groups is 1. The van der Waals surface area contributed by atoms with E-state index >= 15 is 0 Å². The van der Waals surface area contributed by atoms with Crippen molar-refractivity contribution >= 4 is 33.7 Å². The molecule has 1 heterocycles. The lowest BCUT2D eigenvalue weighted by molar-refractivity contribution is 0.188. The predicted molar refractivity (Wildman–Crippen MR) is 97.6 cm³/mol. The first kappa shape index (κ1) is 17.6. The molecule has 2 rings (SSSR count). The molecule has 1 aliphatic rings. The normalized spacial score (nSPS) is 20.3. The summed E-state index contributed by atoms with van der Waals surface area (Å²) in [7, 11) is 0. The summed E-state index contributed by atoms with van der Waals surface area (Å²) in [5.41, 5.74) is 0. The van der Waals surface area contributed by atoms with Crippen molar-refractivity contribution in [1.82, 2.24) is 10.2 Å². The molecule has 1 aromatic carbocycles. The fraction of sp³-hybridized carbons (Fsp3) is 0.562. The van der Waals surface area contributed by atoms with E-state index in [1.807, 2.05) is 11.8 Å². The number of hydrogen-bond donors (Lipinski definition) is 2. The second-order valence-corrected chi connectivity index (χ2v) is 7.89. The number of hydrogen-bond acceptors (Lipinski definition) is 3. The molecule has 1 fully saturated rings. The summed E-state index contributed by atoms with van der Waals surface area (Å²) in [5.74, 6) is 0.919. The van der Waals surface area contributed by atoms with Gasteiger partial charge in [0.2, 0.25) is 0 Å². The highest BCUT2D eigenvalue weighted by molar-refractivity contribution is 9.10. The van der Waals surface area contributed by atoms with E-state index in [-0.39, 0.29) is 6.10 Å². The highest BCUT2D eigenvalue weighted by Crippen LogP contribution is 2.25. The van der Waals surface area contributed by atoms with E-state index in [0.717, 1.165) is 36.5 Å². The second-order valence-electron chi connectivity index (χ2n) is 5.47. The van der Waals surface area contributed by atoms with Crippen LogP contribution in [0.2, 0.25) is 0 Å². The number of aliphatic imine (C=N–C) groups is 1. The molecule has 4 nitrogen and oxygen atoms in total. The molecular formula is C16H24BrN3OS. The predicted octanol–water partition coefficient (Wildman–Crippen LogP) is 2.96. The van der Waals surface area contributed by atoms with Crippen LogP contribution in [0.3, 0.4) is 0 Å². The summed E-state index contributed by atoms with van der Waals surface area (Å²) in [6.45, 7) is 7.43. The van der Waals surface area contributed by atoms with Gasteiger partial charge in [-0.1, -0.05) is 22.9 Å². The molecule has 0 saturated carbocycles. The van der Waals surface area contributed by atoms with Crippen molar-refractivity contribution in [2.24, 2.45) is 4.99 Å². The molecule has 6 heteroatoms. The van der Waals surface area contributed by atoms with Gasteiger partial charge in [0, 0.05) is 34.3 Å². The number of nitrogens with zero attached hydrogens (tertiary/aromatic N) is 2. The van der Waals surface area contributed by atoms with Gasteiger partial charge in [0.15, 0.2) is 5.96 Å². The number of likely N-dealkylation sites (tertiary alicyclic amines) is 1. The van der Waals surface area contributed by atoms with Gasteiger partial charge < -0.3 is 15.3 Å². The average molecular weight is 386 g/mol. The molecule has 1 aliphatic heterocycles. The number of β-amino-alcohol motifs (C(OH)–C–C–N with tert-alkyl or cyclic N) is 1. The maximum atomic E-state index is 9.68. The summed E-state index contributed by atoms with van der Waals surface area (Å²) in [4.78, 5) is 8.13. The number of rotatable bonds is 5. The standard InChI is InChI=1S/C16H24BrN3OS/c1-3-18-16(20-9-8-14(21)11-20)19-10-12(2)22-15-6-4-13(17)5-7-15/h4-7,12,14,21H,3,8-11H2,1-2H3,(H,18,19)/t12?,14-/m1/s1. The smallest absolute Gasteiger partial charge is 0.194 e. The molecule has 1 saturated heterocycles. The second kappa shape index (κ2) is 8.79. The van der Waals surface area contributed by atoms with Crippen molar-refractivity contribution < 1.29 is 5.11 Å². The van der Waals surface area contributed by atoms with Gasteiger partial charge in [0.1, 0.15) is 0 Å². The SMILES string of the molecule is CCNC(=NCC(C)Sc1ccc(Br)cc1)N1CC[C@@H](O)C1. The molecule has 0 aromatic heterocycles. The Kier molecular flexibility index (Phi) is 7.05. The summed E-state index contributed by atoms with van der Waals surface area (Å²) in [6, 6.07) is 8.37. The zero-order valence-corrected chi connectivity index (χ0v) is 15.5. The third kappa shape index (κ3) is 5.48. The molecule has 0 spiro atoms. The van der Waals surface area contributed by atoms with Crippen molar-refractivity contribution in [3.05, 3.63) is 28.7 Å². The topological polar surface area (TPSA) is 47.9 Å². The maximum absolute atomic E-state index is 9.68. The first-order valence-electron chi connectivity index (χ1n) is 7.72. The fourth-order valence-electron chi connectivity index (χ4n) is 2.36. The lowest BCUT2D eigenvalue weighted by atomic mass is 10.3. The summed E-state index contributed by atoms with van der Waals surface area (Å²) >= 11 is 5.29. The van der Waals surface area contributed by atoms with Gasteiger partial charge >= 0.3 is 0 Å². The number of aliphatic hydroxyl groups excluding tert-OH is 1. The molecule has 2 atom stereocenters. The van der Waals surface area contributed by atoms with Crippen LogP contribution in [0.25, 0.3) is 0 Å². The minimum atomic E-state index is -0.224. The number of guanidine groups is 1. The highest BCUT2D eigenvalue weighted by atomic mass is 79.9. The summed E-state index contributed by atoms with van der Waals surface area (Å²) in [5, 5.41) is 13.4. The molecular weight excluding hydrogens is 362 g/mol. The van der Waals surface area contributed by atoms with Crippen molar-refractivity contribution in [1.29, 1.82) is 0 Å². The molecule has 1 unspecified atom stereocenters. The van der Waals surface area contributed by atoms with Gasteiger partial charge in [-0.05, 0) is 37.6 Å². The van der Waals surface area contributed by atoms with Crippen LogP contribution in [0, 0.1) is 0 Å². The van der Waals surface area contributed by atoms with E-state index in [9.17, 15) is 5.11 Å². The van der Waals surface area contributed by atoms with E-state index < -0.39 is 0 Å². The highest BCUT2D eigenvalue weighted by Gasteiger charge is 2.22. The molecule has 0 aliphatic carbocycles. The van der Waals surface area contributed by atoms with E-state index in [2.05, 4.69) is 64.3 Å². The van der Waals surface area contributed by atoms with Gasteiger partial charge in [0.05, 0.1) is 12.6 Å². The van der Waals surface area contributed by atoms with E-state index in [1.165, 1.54) is 4.90 Å². The van der Waals surface area contributed by atoms with Crippen molar-refractivity contribution in [3.8, 4) is 0 Å². The van der Waals surface area contributed by atoms with Gasteiger partial charge in [0.25, 0.3) is 0 Å². The Labute approximate surface area is 145 Å². The van der Waals surface area contributed by atoms with Crippen LogP contribution in [0.5, 0.6) is 0 Å². The third-order valence-corrected chi connectivity index (χ3v) is 5.07. The minimum Gasteiger partial charge on any atom is -0.391 e. The van der Waals surface area contributed by atoms with Gasteiger partial charge in [-0.2, -0.15) is 0 Å². The van der Waals surface area contributed by atoms with Crippen LogP contribution in [-0.2, 0) is 0 Å². The quantitative estimate of drug-likeness (QED) is 0.464. The summed E-state index contributed by atoms with van der Waals surface area (Å²) in [6.07, 6.45) is 0.603. The number of thioether (sulfide) groups is 1. The third-order valence-electron chi connectivity index (χ3n) is 3.45. The molecule has 1 aromatic rings. The van der Waals surface area contributed by atoms with Crippen molar-refractivity contribution in [3.63, 3.8) is 0 Å². The average Bonchev–Trinajstić information content (AvgIpc) is 2.92. The maximum Gasteiger partial charge on any atom is 0.194 e. The number of benzene rings is 1. The summed E-state index contributed by atoms with van der Waals surface area (Å²) < 4.78 is 1.10. The van der Waals surface area contributed by atoms with Crippen LogP contribution < -0.4 is 5.32 Å². The van der Waals surface area contributed by atoms with Crippen molar-refractivity contribution in [2.45, 2.75) is 36.5 Å². The fourth-order valence-corrected chi connectivity index (χ4v) is 3.53. The molecule has 0 bridgehead atoms. The van der Waals surface area contributed by atoms with E-state index in [4.69, 9.17) is 4.99 Å². The number of nitrogens with one attached hydrogen (secondary N) is 1. The Morgan fingerprint density at radius 3 is 2.82 bits per heavy atom. The molecule has 22 heavy (non-hydrogen) atoms. The minimum absolute atomic E-state index is 0.224. The zero-order chi connectivity index (χ0) is 15.9. The van der Waals surface area contributed by atoms with Gasteiger partial charge in [-0.25, -0.2) is 0 Å². The first-order valence-corrected chi connectivity index (χ1v) is 9.39. The lowest BCUT2D eigenvalue weighted by Crippen LogP contribution is -2.40. The number of halogens is 1. The van der Waals surface area contributed by atoms with Gasteiger partial charge in [-0.3, -0.25) is 4.99 Å².